The molecular formula is C17H27NO3. The molecule has 4 nitrogen and oxygen atoms in total. The van der Waals surface area contributed by atoms with Crippen molar-refractivity contribution in [3.63, 3.8) is 0 Å². The fourth-order valence-corrected chi connectivity index (χ4v) is 3.12. The van der Waals surface area contributed by atoms with Gasteiger partial charge in [-0.1, -0.05) is 43.5 Å². The third kappa shape index (κ3) is 4.51. The Bertz CT molecular complexity index is 443. The van der Waals surface area contributed by atoms with E-state index in [-0.39, 0.29) is 6.54 Å². The Balaban J connectivity index is 1.97. The van der Waals surface area contributed by atoms with Crippen LogP contribution in [-0.2, 0) is 6.42 Å². The van der Waals surface area contributed by atoms with Crippen LogP contribution in [0.5, 0.6) is 0 Å². The minimum absolute atomic E-state index is 0.0329. The molecule has 0 heterocycles. The van der Waals surface area contributed by atoms with Crippen LogP contribution < -0.4 is 5.73 Å². The van der Waals surface area contributed by atoms with E-state index >= 15 is 0 Å². The average molecular weight is 293 g/mol. The van der Waals surface area contributed by atoms with Crippen LogP contribution in [0.25, 0.3) is 0 Å². The van der Waals surface area contributed by atoms with Crippen molar-refractivity contribution in [1.29, 1.82) is 0 Å². The predicted octanol–water partition coefficient (Wildman–Crippen LogP) is 1.67. The Morgan fingerprint density at radius 2 is 1.86 bits per heavy atom. The van der Waals surface area contributed by atoms with Crippen molar-refractivity contribution in [2.75, 3.05) is 6.54 Å². The molecule has 0 unspecified atom stereocenters. The summed E-state index contributed by atoms with van der Waals surface area (Å²) in [6.07, 6.45) is 4.87. The highest BCUT2D eigenvalue weighted by Gasteiger charge is 2.28. The minimum atomic E-state index is -0.951. The van der Waals surface area contributed by atoms with E-state index in [1.807, 2.05) is 18.2 Å². The van der Waals surface area contributed by atoms with Crippen molar-refractivity contribution in [1.82, 2.24) is 0 Å². The van der Waals surface area contributed by atoms with Gasteiger partial charge in [0.1, 0.15) is 6.10 Å². The summed E-state index contributed by atoms with van der Waals surface area (Å²) in [5, 5.41) is 30.2. The topological polar surface area (TPSA) is 86.7 Å². The Morgan fingerprint density at radius 1 is 1.14 bits per heavy atom. The minimum Gasteiger partial charge on any atom is -0.390 e. The molecule has 0 amide bonds. The van der Waals surface area contributed by atoms with E-state index in [9.17, 15) is 15.3 Å². The van der Waals surface area contributed by atoms with Gasteiger partial charge in [-0.05, 0) is 36.8 Å². The molecule has 1 fully saturated rings. The second kappa shape index (κ2) is 7.36. The van der Waals surface area contributed by atoms with E-state index in [0.29, 0.717) is 5.56 Å². The lowest BCUT2D eigenvalue weighted by Crippen LogP contribution is -2.31. The normalized spacial score (nSPS) is 21.0. The number of hydrogen-bond acceptors (Lipinski definition) is 4. The van der Waals surface area contributed by atoms with Gasteiger partial charge in [-0.2, -0.15) is 0 Å². The smallest absolute Gasteiger partial charge is 0.106 e. The van der Waals surface area contributed by atoms with Gasteiger partial charge < -0.3 is 21.1 Å². The van der Waals surface area contributed by atoms with E-state index < -0.39 is 17.8 Å². The van der Waals surface area contributed by atoms with Gasteiger partial charge >= 0.3 is 0 Å². The molecule has 1 aromatic carbocycles. The van der Waals surface area contributed by atoms with Crippen LogP contribution in [-0.4, -0.2) is 33.6 Å². The summed E-state index contributed by atoms with van der Waals surface area (Å²) in [6, 6.07) is 7.57. The van der Waals surface area contributed by atoms with Crippen LogP contribution in [0.15, 0.2) is 24.3 Å². The summed E-state index contributed by atoms with van der Waals surface area (Å²) in [5.74, 6) is 0. The molecule has 0 radical (unpaired) electrons. The van der Waals surface area contributed by atoms with Crippen molar-refractivity contribution >= 4 is 0 Å². The zero-order valence-electron chi connectivity index (χ0n) is 12.5. The zero-order valence-corrected chi connectivity index (χ0v) is 12.5. The molecule has 1 aliphatic rings. The van der Waals surface area contributed by atoms with Crippen molar-refractivity contribution in [3.8, 4) is 0 Å². The van der Waals surface area contributed by atoms with Crippen molar-refractivity contribution in [2.45, 2.75) is 62.8 Å². The number of nitrogens with two attached hydrogens (primary N) is 1. The molecule has 2 atom stereocenters. The molecule has 0 saturated heterocycles. The summed E-state index contributed by atoms with van der Waals surface area (Å²) in [7, 11) is 0. The molecule has 1 aromatic rings. The molecule has 21 heavy (non-hydrogen) atoms. The van der Waals surface area contributed by atoms with E-state index in [1.54, 1.807) is 6.07 Å². The molecule has 0 aromatic heterocycles. The number of rotatable bonds is 6. The fraction of sp³-hybridized carbons (Fsp3) is 0.647. The van der Waals surface area contributed by atoms with Crippen LogP contribution in [0.4, 0.5) is 0 Å². The van der Waals surface area contributed by atoms with Gasteiger partial charge in [0.15, 0.2) is 0 Å². The van der Waals surface area contributed by atoms with Gasteiger partial charge in [0.2, 0.25) is 0 Å². The second-order valence-corrected chi connectivity index (χ2v) is 6.28. The Morgan fingerprint density at radius 3 is 2.52 bits per heavy atom. The highest BCUT2D eigenvalue weighted by molar-refractivity contribution is 5.26. The second-order valence-electron chi connectivity index (χ2n) is 6.28. The monoisotopic (exact) mass is 293 g/mol. The summed E-state index contributed by atoms with van der Waals surface area (Å²) in [6.45, 7) is 0.0329. The largest absolute Gasteiger partial charge is 0.390 e. The van der Waals surface area contributed by atoms with Crippen LogP contribution in [0, 0.1) is 0 Å². The average Bonchev–Trinajstić information content (AvgIpc) is 2.52. The number of aliphatic hydroxyl groups is 3. The van der Waals surface area contributed by atoms with Crippen molar-refractivity contribution < 1.29 is 15.3 Å². The van der Waals surface area contributed by atoms with Gasteiger partial charge in [0.25, 0.3) is 0 Å². The first-order valence-electron chi connectivity index (χ1n) is 7.91. The van der Waals surface area contributed by atoms with Crippen LogP contribution in [0.2, 0.25) is 0 Å². The molecule has 0 aliphatic heterocycles. The molecule has 1 saturated carbocycles. The first-order valence-corrected chi connectivity index (χ1v) is 7.91. The number of benzene rings is 1. The maximum atomic E-state index is 10.5. The quantitative estimate of drug-likeness (QED) is 0.642. The SMILES string of the molecule is NC[C@H](O)[C@@H](O)c1cccc(CCC2(O)CCCCC2)c1. The van der Waals surface area contributed by atoms with Crippen molar-refractivity contribution in [3.05, 3.63) is 35.4 Å². The highest BCUT2D eigenvalue weighted by Crippen LogP contribution is 2.32. The molecule has 118 valence electrons. The molecule has 2 rings (SSSR count). The Hall–Kier alpha value is -0.940. The van der Waals surface area contributed by atoms with Crippen LogP contribution in [0.1, 0.15) is 55.8 Å². The molecule has 0 spiro atoms. The van der Waals surface area contributed by atoms with E-state index in [2.05, 4.69) is 0 Å². The van der Waals surface area contributed by atoms with Gasteiger partial charge in [-0.25, -0.2) is 0 Å². The van der Waals surface area contributed by atoms with Gasteiger partial charge in [-0.15, -0.1) is 0 Å². The lowest BCUT2D eigenvalue weighted by molar-refractivity contribution is -0.00346. The Kier molecular flexibility index (Phi) is 5.76. The van der Waals surface area contributed by atoms with Gasteiger partial charge in [0.05, 0.1) is 11.7 Å². The maximum Gasteiger partial charge on any atom is 0.106 e. The first-order chi connectivity index (χ1) is 10.0. The molecular weight excluding hydrogens is 266 g/mol. The summed E-state index contributed by atoms with van der Waals surface area (Å²) >= 11 is 0. The summed E-state index contributed by atoms with van der Waals surface area (Å²) in [4.78, 5) is 0. The lowest BCUT2D eigenvalue weighted by atomic mass is 9.81. The van der Waals surface area contributed by atoms with E-state index in [0.717, 1.165) is 44.1 Å². The number of aryl methyl sites for hydroxylation is 1. The van der Waals surface area contributed by atoms with Crippen LogP contribution >= 0.6 is 0 Å². The standard InChI is InChI=1S/C17H27NO3/c18-12-15(19)16(20)14-6-4-5-13(11-14)7-10-17(21)8-2-1-3-9-17/h4-6,11,15-16,19-21H,1-3,7-10,12,18H2/t15-,16-/m0/s1. The van der Waals surface area contributed by atoms with Crippen LogP contribution in [0.3, 0.4) is 0 Å². The maximum absolute atomic E-state index is 10.5. The predicted molar refractivity (Wildman–Crippen MR) is 82.8 cm³/mol. The van der Waals surface area contributed by atoms with E-state index in [4.69, 9.17) is 5.73 Å². The van der Waals surface area contributed by atoms with E-state index in [1.165, 1.54) is 6.42 Å². The third-order valence-electron chi connectivity index (χ3n) is 4.56. The fourth-order valence-electron chi connectivity index (χ4n) is 3.12. The molecule has 1 aliphatic carbocycles. The third-order valence-corrected chi connectivity index (χ3v) is 4.56. The van der Waals surface area contributed by atoms with Crippen molar-refractivity contribution in [2.24, 2.45) is 5.73 Å². The molecule has 4 heteroatoms. The Labute approximate surface area is 126 Å². The number of hydrogen-bond donors (Lipinski definition) is 4. The zero-order chi connectivity index (χ0) is 15.3. The summed E-state index contributed by atoms with van der Waals surface area (Å²) in [5.41, 5.74) is 6.61. The number of aliphatic hydroxyl groups excluding tert-OH is 2. The van der Waals surface area contributed by atoms with Gasteiger partial charge in [-0.3, -0.25) is 0 Å². The highest BCUT2D eigenvalue weighted by atomic mass is 16.3. The van der Waals surface area contributed by atoms with Gasteiger partial charge in [0, 0.05) is 6.54 Å². The molecule has 5 N–H and O–H groups in total. The molecule has 0 bridgehead atoms. The first kappa shape index (κ1) is 16.4. The lowest BCUT2D eigenvalue weighted by Gasteiger charge is -2.32. The summed E-state index contributed by atoms with van der Waals surface area (Å²) < 4.78 is 0.